The molecule has 0 bridgehead atoms. The van der Waals surface area contributed by atoms with Crippen LogP contribution in [0.5, 0.6) is 0 Å². The third kappa shape index (κ3) is 22.4. The van der Waals surface area contributed by atoms with E-state index in [0.29, 0.717) is 12.1 Å². The SMILES string of the molecule is CC(C)NN.CCOC(=O)/C(CC(C)=O)=N\OC.CCc1cc(C)nn1C(C)C.Cl.O=C=O. The lowest BCUT2D eigenvalue weighted by Crippen LogP contribution is -2.29. The summed E-state index contributed by atoms with van der Waals surface area (Å²) in [6, 6.07) is 3.05. The summed E-state index contributed by atoms with van der Waals surface area (Å²) in [7, 11) is 1.30. The van der Waals surface area contributed by atoms with Crippen molar-refractivity contribution < 1.29 is 28.8 Å². The predicted molar refractivity (Wildman–Crippen MR) is 128 cm³/mol. The summed E-state index contributed by atoms with van der Waals surface area (Å²) in [4.78, 5) is 42.4. The minimum atomic E-state index is -0.612. The molecule has 1 rings (SSSR count). The van der Waals surface area contributed by atoms with E-state index < -0.39 is 5.97 Å². The van der Waals surface area contributed by atoms with Gasteiger partial charge >= 0.3 is 12.1 Å². The first-order valence-electron chi connectivity index (χ1n) is 10.2. The molecule has 12 heteroatoms. The predicted octanol–water partition coefficient (Wildman–Crippen LogP) is 2.56. The molecule has 3 N–H and O–H groups in total. The van der Waals surface area contributed by atoms with Gasteiger partial charge in [0.1, 0.15) is 12.9 Å². The van der Waals surface area contributed by atoms with Crippen LogP contribution in [0.4, 0.5) is 0 Å². The zero-order chi connectivity index (χ0) is 25.7. The molecule has 0 atom stereocenters. The highest BCUT2D eigenvalue weighted by molar-refractivity contribution is 6.39. The number of hydrazine groups is 1. The average molecular weight is 494 g/mol. The lowest BCUT2D eigenvalue weighted by atomic mass is 10.2. The van der Waals surface area contributed by atoms with Crippen LogP contribution in [0.1, 0.15) is 72.3 Å². The Morgan fingerprint density at radius 3 is 2.00 bits per heavy atom. The molecule has 11 nitrogen and oxygen atoms in total. The summed E-state index contributed by atoms with van der Waals surface area (Å²) in [5.74, 6) is 4.15. The first kappa shape index (κ1) is 37.7. The van der Waals surface area contributed by atoms with Crippen molar-refractivity contribution in [2.75, 3.05) is 13.7 Å². The van der Waals surface area contributed by atoms with Crippen LogP contribution < -0.4 is 11.3 Å². The number of nitrogens with zero attached hydrogens (tertiary/aromatic N) is 3. The summed E-state index contributed by atoms with van der Waals surface area (Å²) < 4.78 is 6.75. The minimum absolute atomic E-state index is 0. The standard InChI is InChI=1S/C9H16N2.C8H13NO4.C3H10N2.CO2.ClH/c1-5-9-6-8(4)10-11(9)7(2)3;1-4-13-8(11)7(9-12-3)5-6(2)10;1-3(2)5-4;2-1-3;/h6-7H,5H2,1-4H3;4-5H2,1-3H3;3,5H,4H2,1-2H3;;1H/b;9-7-;;;. The Bertz CT molecular complexity index is 714. The van der Waals surface area contributed by atoms with Gasteiger partial charge in [-0.05, 0) is 61.0 Å². The molecular formula is C21H40ClN5O6. The fourth-order valence-corrected chi connectivity index (χ4v) is 1.98. The molecule has 33 heavy (non-hydrogen) atoms. The highest BCUT2D eigenvalue weighted by atomic mass is 35.5. The number of halogens is 1. The van der Waals surface area contributed by atoms with Gasteiger partial charge in [-0.25, -0.2) is 4.79 Å². The number of aromatic nitrogens is 2. The van der Waals surface area contributed by atoms with Crippen molar-refractivity contribution in [3.05, 3.63) is 17.5 Å². The number of rotatable bonds is 8. The van der Waals surface area contributed by atoms with E-state index in [1.807, 2.05) is 20.8 Å². The largest absolute Gasteiger partial charge is 0.461 e. The second kappa shape index (κ2) is 24.1. The molecule has 1 aromatic heterocycles. The Hall–Kier alpha value is -2.59. The van der Waals surface area contributed by atoms with Gasteiger partial charge in [-0.3, -0.25) is 20.7 Å². The van der Waals surface area contributed by atoms with E-state index in [1.165, 1.54) is 19.7 Å². The summed E-state index contributed by atoms with van der Waals surface area (Å²) >= 11 is 0. The first-order valence-corrected chi connectivity index (χ1v) is 10.2. The number of ketones is 1. The number of esters is 1. The molecule has 0 fully saturated rings. The van der Waals surface area contributed by atoms with E-state index in [-0.39, 0.29) is 43.1 Å². The van der Waals surface area contributed by atoms with Gasteiger partial charge in [-0.15, -0.1) is 12.4 Å². The number of aryl methyl sites for hydroxylation is 2. The maximum Gasteiger partial charge on any atom is 0.373 e. The zero-order valence-electron chi connectivity index (χ0n) is 21.1. The maximum atomic E-state index is 11.1. The van der Waals surface area contributed by atoms with Crippen molar-refractivity contribution >= 4 is 36.0 Å². The van der Waals surface area contributed by atoms with Crippen LogP contribution in [0.15, 0.2) is 11.2 Å². The van der Waals surface area contributed by atoms with Crippen LogP contribution in [-0.2, 0) is 35.2 Å². The number of Topliss-reactive ketones (excluding diaryl/α,β-unsaturated/α-hetero) is 1. The van der Waals surface area contributed by atoms with E-state index in [9.17, 15) is 9.59 Å². The molecular weight excluding hydrogens is 454 g/mol. The Morgan fingerprint density at radius 1 is 1.24 bits per heavy atom. The molecule has 0 aliphatic rings. The van der Waals surface area contributed by atoms with Crippen molar-refractivity contribution in [1.29, 1.82) is 0 Å². The van der Waals surface area contributed by atoms with E-state index in [0.717, 1.165) is 12.1 Å². The number of nitrogens with two attached hydrogens (primary N) is 1. The van der Waals surface area contributed by atoms with E-state index in [4.69, 9.17) is 15.4 Å². The molecule has 0 spiro atoms. The normalized spacial score (nSPS) is 9.64. The van der Waals surface area contributed by atoms with Crippen LogP contribution in [0.25, 0.3) is 0 Å². The number of hydrogen-bond acceptors (Lipinski definition) is 10. The lowest BCUT2D eigenvalue weighted by Gasteiger charge is -2.08. The summed E-state index contributed by atoms with van der Waals surface area (Å²) in [5.41, 5.74) is 4.98. The summed E-state index contributed by atoms with van der Waals surface area (Å²) in [6.45, 7) is 15.8. The molecule has 0 amide bonds. The topological polar surface area (TPSA) is 155 Å². The molecule has 0 radical (unpaired) electrons. The molecule has 0 unspecified atom stereocenters. The highest BCUT2D eigenvalue weighted by Crippen LogP contribution is 2.10. The summed E-state index contributed by atoms with van der Waals surface area (Å²) in [6.07, 6.45) is 1.26. The Labute approximate surface area is 202 Å². The molecule has 0 aliphatic carbocycles. The fraction of sp³-hybridized carbons (Fsp3) is 0.667. The van der Waals surface area contributed by atoms with Gasteiger partial charge in [0.05, 0.1) is 18.7 Å². The molecule has 0 aliphatic heterocycles. The van der Waals surface area contributed by atoms with Crippen molar-refractivity contribution in [2.45, 2.75) is 80.3 Å². The van der Waals surface area contributed by atoms with Gasteiger partial charge in [0.15, 0.2) is 5.71 Å². The average Bonchev–Trinajstić information content (AvgIpc) is 3.10. The van der Waals surface area contributed by atoms with Crippen molar-refractivity contribution in [2.24, 2.45) is 11.0 Å². The number of ether oxygens (including phenoxy) is 1. The number of oxime groups is 1. The smallest absolute Gasteiger partial charge is 0.373 e. The fourth-order valence-electron chi connectivity index (χ4n) is 1.98. The Kier molecular flexibility index (Phi) is 27.5. The number of nitrogens with one attached hydrogen (secondary N) is 1. The quantitative estimate of drug-likeness (QED) is 0.240. The van der Waals surface area contributed by atoms with E-state index in [2.05, 4.69) is 56.8 Å². The second-order valence-electron chi connectivity index (χ2n) is 6.89. The monoisotopic (exact) mass is 493 g/mol. The van der Waals surface area contributed by atoms with Crippen molar-refractivity contribution in [3.63, 3.8) is 0 Å². The number of carbonyl (C=O) groups excluding carboxylic acids is 4. The lowest BCUT2D eigenvalue weighted by molar-refractivity contribution is -0.191. The van der Waals surface area contributed by atoms with Crippen LogP contribution in [0.3, 0.4) is 0 Å². The zero-order valence-corrected chi connectivity index (χ0v) is 21.9. The van der Waals surface area contributed by atoms with Gasteiger partial charge < -0.3 is 9.57 Å². The second-order valence-corrected chi connectivity index (χ2v) is 6.89. The van der Waals surface area contributed by atoms with Gasteiger partial charge in [0.25, 0.3) is 0 Å². The summed E-state index contributed by atoms with van der Waals surface area (Å²) in [5, 5.41) is 7.80. The molecule has 1 aromatic rings. The molecule has 0 saturated heterocycles. The van der Waals surface area contributed by atoms with Crippen LogP contribution >= 0.6 is 12.4 Å². The first-order chi connectivity index (χ1) is 14.9. The Balaban J connectivity index is -0.000000190. The van der Waals surface area contributed by atoms with Gasteiger partial charge in [-0.2, -0.15) is 14.7 Å². The van der Waals surface area contributed by atoms with Gasteiger partial charge in [-0.1, -0.05) is 12.1 Å². The molecule has 0 saturated carbocycles. The Morgan fingerprint density at radius 2 is 1.73 bits per heavy atom. The van der Waals surface area contributed by atoms with Gasteiger partial charge in [0, 0.05) is 17.8 Å². The number of carbonyl (C=O) groups is 2. The minimum Gasteiger partial charge on any atom is -0.461 e. The van der Waals surface area contributed by atoms with Crippen LogP contribution in [-0.4, -0.2) is 53.2 Å². The third-order valence-corrected chi connectivity index (χ3v) is 3.25. The van der Waals surface area contributed by atoms with E-state index in [1.54, 1.807) is 6.92 Å². The van der Waals surface area contributed by atoms with Crippen molar-refractivity contribution in [1.82, 2.24) is 15.2 Å². The molecule has 1 heterocycles. The number of hydrogen-bond donors (Lipinski definition) is 2. The maximum absolute atomic E-state index is 11.1. The molecule has 192 valence electrons. The van der Waals surface area contributed by atoms with Crippen molar-refractivity contribution in [3.8, 4) is 0 Å². The van der Waals surface area contributed by atoms with Crippen LogP contribution in [0, 0.1) is 6.92 Å². The van der Waals surface area contributed by atoms with E-state index >= 15 is 0 Å². The third-order valence-electron chi connectivity index (χ3n) is 3.25. The van der Waals surface area contributed by atoms with Crippen LogP contribution in [0.2, 0.25) is 0 Å². The highest BCUT2D eigenvalue weighted by Gasteiger charge is 2.15. The molecule has 0 aromatic carbocycles. The van der Waals surface area contributed by atoms with Gasteiger partial charge in [0.2, 0.25) is 0 Å².